The molecule has 254 valence electrons. The van der Waals surface area contributed by atoms with E-state index in [0.717, 1.165) is 67.1 Å². The van der Waals surface area contributed by atoms with Gasteiger partial charge in [-0.1, -0.05) is 115 Å². The van der Waals surface area contributed by atoms with Gasteiger partial charge in [-0.15, -0.1) is 0 Å². The molecule has 0 aliphatic carbocycles. The van der Waals surface area contributed by atoms with E-state index in [1.54, 1.807) is 0 Å². The molecule has 0 saturated heterocycles. The Morgan fingerprint density at radius 1 is 0.352 bits per heavy atom. The van der Waals surface area contributed by atoms with Crippen LogP contribution in [-0.4, -0.2) is 9.13 Å². The van der Waals surface area contributed by atoms with Gasteiger partial charge >= 0.3 is 0 Å². The zero-order chi connectivity index (χ0) is 35.6. The van der Waals surface area contributed by atoms with Gasteiger partial charge in [0.2, 0.25) is 0 Å². The zero-order valence-corrected chi connectivity index (χ0v) is 29.3. The normalized spacial score (nSPS) is 11.7. The second-order valence-corrected chi connectivity index (χ2v) is 13.8. The first-order valence-electron chi connectivity index (χ1n) is 18.4. The summed E-state index contributed by atoms with van der Waals surface area (Å²) in [6, 6.07) is 71.3. The van der Waals surface area contributed by atoms with Gasteiger partial charge in [0.05, 0.1) is 11.0 Å². The maximum atomic E-state index is 6.31. The molecule has 54 heavy (non-hydrogen) atoms. The highest BCUT2D eigenvalue weighted by atomic mass is 16.3. The van der Waals surface area contributed by atoms with E-state index in [4.69, 9.17) is 4.42 Å². The fourth-order valence-electron chi connectivity index (χ4n) is 8.28. The van der Waals surface area contributed by atoms with Crippen LogP contribution in [0.4, 0.5) is 17.1 Å². The van der Waals surface area contributed by atoms with Crippen LogP contribution in [0.15, 0.2) is 205 Å². The van der Waals surface area contributed by atoms with E-state index in [1.807, 2.05) is 12.1 Å². The van der Waals surface area contributed by atoms with Crippen LogP contribution in [0.25, 0.3) is 77.3 Å². The van der Waals surface area contributed by atoms with E-state index >= 15 is 0 Å². The van der Waals surface area contributed by atoms with Crippen molar-refractivity contribution >= 4 is 71.8 Å². The van der Waals surface area contributed by atoms with Gasteiger partial charge in [0.1, 0.15) is 16.8 Å². The van der Waals surface area contributed by atoms with E-state index in [0.29, 0.717) is 0 Å². The van der Waals surface area contributed by atoms with Crippen LogP contribution in [0.3, 0.4) is 0 Å². The number of rotatable bonds is 6. The van der Waals surface area contributed by atoms with Gasteiger partial charge in [-0.05, 0) is 90.0 Å². The molecule has 0 N–H and O–H groups in total. The molecule has 0 spiro atoms. The lowest BCUT2D eigenvalue weighted by atomic mass is 10.0. The standard InChI is InChI=1S/C50H33N3O/c1-4-14-36(15-5-1)51(40-29-31-42-41-20-11-13-23-47(41)54-48(42)33-40)39-27-24-34(25-28-39)35-26-30-44-46(32-35)53(38-18-8-3-9-19-38)50-49(44)43-21-10-12-22-45(43)52(50)37-16-6-2-7-17-37/h1-33H. The minimum absolute atomic E-state index is 0.876. The minimum atomic E-state index is 0.876. The molecule has 11 rings (SSSR count). The number of benzene rings is 8. The van der Waals surface area contributed by atoms with Crippen LogP contribution < -0.4 is 4.90 Å². The number of hydrogen-bond acceptors (Lipinski definition) is 2. The highest BCUT2D eigenvalue weighted by Gasteiger charge is 2.22. The number of hydrogen-bond donors (Lipinski definition) is 0. The van der Waals surface area contributed by atoms with Crippen molar-refractivity contribution in [3.63, 3.8) is 0 Å². The molecule has 8 aromatic carbocycles. The fraction of sp³-hybridized carbons (Fsp3) is 0. The smallest absolute Gasteiger partial charge is 0.137 e. The van der Waals surface area contributed by atoms with E-state index in [-0.39, 0.29) is 0 Å². The Morgan fingerprint density at radius 2 is 0.870 bits per heavy atom. The van der Waals surface area contributed by atoms with Crippen molar-refractivity contribution in [2.24, 2.45) is 0 Å². The molecule has 0 saturated carbocycles. The van der Waals surface area contributed by atoms with E-state index in [2.05, 4.69) is 202 Å². The number of aromatic nitrogens is 2. The summed E-state index contributed by atoms with van der Waals surface area (Å²) < 4.78 is 11.2. The van der Waals surface area contributed by atoms with E-state index < -0.39 is 0 Å². The molecule has 3 heterocycles. The Morgan fingerprint density at radius 3 is 1.61 bits per heavy atom. The van der Waals surface area contributed by atoms with Gasteiger partial charge in [0.25, 0.3) is 0 Å². The zero-order valence-electron chi connectivity index (χ0n) is 29.3. The Bertz CT molecular complexity index is 3140. The van der Waals surface area contributed by atoms with Crippen LogP contribution >= 0.6 is 0 Å². The molecule has 0 bridgehead atoms. The van der Waals surface area contributed by atoms with Gasteiger partial charge in [-0.2, -0.15) is 0 Å². The van der Waals surface area contributed by atoms with Gasteiger partial charge in [0, 0.05) is 61.4 Å². The number of anilines is 3. The summed E-state index contributed by atoms with van der Waals surface area (Å²) in [5.74, 6) is 0. The predicted octanol–water partition coefficient (Wildman–Crippen LogP) is 13.8. The molecule has 0 fully saturated rings. The Labute approximate surface area is 312 Å². The first-order valence-corrected chi connectivity index (χ1v) is 18.4. The molecular formula is C50H33N3O. The molecule has 0 unspecified atom stereocenters. The average molecular weight is 692 g/mol. The number of fused-ring (bicyclic) bond motifs is 8. The first-order chi connectivity index (χ1) is 26.8. The molecule has 0 amide bonds. The first kappa shape index (κ1) is 30.3. The molecule has 3 aromatic heterocycles. The quantitative estimate of drug-likeness (QED) is 0.173. The predicted molar refractivity (Wildman–Crippen MR) is 225 cm³/mol. The molecular weight excluding hydrogens is 659 g/mol. The Kier molecular flexibility index (Phi) is 6.82. The summed E-state index contributed by atoms with van der Waals surface area (Å²) in [4.78, 5) is 2.29. The Hall–Kier alpha value is -7.30. The molecule has 0 atom stereocenters. The largest absolute Gasteiger partial charge is 0.456 e. The third-order valence-corrected chi connectivity index (χ3v) is 10.7. The second kappa shape index (κ2) is 12.1. The maximum Gasteiger partial charge on any atom is 0.137 e. The highest BCUT2D eigenvalue weighted by Crippen LogP contribution is 2.43. The fourth-order valence-corrected chi connectivity index (χ4v) is 8.28. The summed E-state index contributed by atoms with van der Waals surface area (Å²) in [6.45, 7) is 0. The third kappa shape index (κ3) is 4.70. The van der Waals surface area contributed by atoms with Crippen LogP contribution in [0.2, 0.25) is 0 Å². The number of furan rings is 1. The summed E-state index contributed by atoms with van der Waals surface area (Å²) in [5, 5.41) is 5.99. The summed E-state index contributed by atoms with van der Waals surface area (Å²) in [7, 11) is 0. The van der Waals surface area contributed by atoms with Gasteiger partial charge < -0.3 is 9.32 Å². The molecule has 0 aliphatic rings. The highest BCUT2D eigenvalue weighted by molar-refractivity contribution is 6.22. The van der Waals surface area contributed by atoms with Gasteiger partial charge in [-0.25, -0.2) is 0 Å². The molecule has 4 heteroatoms. The van der Waals surface area contributed by atoms with Crippen molar-refractivity contribution in [3.05, 3.63) is 200 Å². The van der Waals surface area contributed by atoms with Crippen molar-refractivity contribution in [2.45, 2.75) is 0 Å². The minimum Gasteiger partial charge on any atom is -0.456 e. The second-order valence-electron chi connectivity index (χ2n) is 13.8. The molecule has 11 aromatic rings. The topological polar surface area (TPSA) is 26.2 Å². The SMILES string of the molecule is c1ccc(N(c2ccc(-c3ccc4c5c6ccccc6n(-c6ccccc6)c5n(-c5ccccc5)c4c3)cc2)c2ccc3c(c2)oc2ccccc23)cc1. The lowest BCUT2D eigenvalue weighted by Crippen LogP contribution is -2.09. The number of para-hydroxylation sites is 5. The van der Waals surface area contributed by atoms with Crippen LogP contribution in [0.1, 0.15) is 0 Å². The Balaban J connectivity index is 1.07. The van der Waals surface area contributed by atoms with Crippen molar-refractivity contribution in [1.82, 2.24) is 9.13 Å². The summed E-state index contributed by atoms with van der Waals surface area (Å²) >= 11 is 0. The summed E-state index contributed by atoms with van der Waals surface area (Å²) in [5.41, 5.74) is 13.1. The van der Waals surface area contributed by atoms with Gasteiger partial charge in [-0.3, -0.25) is 9.13 Å². The maximum absolute atomic E-state index is 6.31. The lowest BCUT2D eigenvalue weighted by molar-refractivity contribution is 0.669. The molecule has 0 aliphatic heterocycles. The number of nitrogens with zero attached hydrogens (tertiary/aromatic N) is 3. The van der Waals surface area contributed by atoms with Crippen LogP contribution in [0, 0.1) is 0 Å². The van der Waals surface area contributed by atoms with Crippen LogP contribution in [-0.2, 0) is 0 Å². The lowest BCUT2D eigenvalue weighted by Gasteiger charge is -2.25. The molecule has 0 radical (unpaired) electrons. The van der Waals surface area contributed by atoms with Crippen molar-refractivity contribution in [3.8, 4) is 22.5 Å². The molecule has 4 nitrogen and oxygen atoms in total. The van der Waals surface area contributed by atoms with Gasteiger partial charge in [0.15, 0.2) is 0 Å². The van der Waals surface area contributed by atoms with E-state index in [1.165, 1.54) is 27.2 Å². The van der Waals surface area contributed by atoms with Crippen molar-refractivity contribution < 1.29 is 4.42 Å². The third-order valence-electron chi connectivity index (χ3n) is 10.7. The van der Waals surface area contributed by atoms with Crippen LogP contribution in [0.5, 0.6) is 0 Å². The monoisotopic (exact) mass is 691 g/mol. The van der Waals surface area contributed by atoms with E-state index in [9.17, 15) is 0 Å². The van der Waals surface area contributed by atoms with Crippen molar-refractivity contribution in [1.29, 1.82) is 0 Å². The average Bonchev–Trinajstić information content (AvgIpc) is 3.89. The summed E-state index contributed by atoms with van der Waals surface area (Å²) in [6.07, 6.45) is 0. The van der Waals surface area contributed by atoms with Crippen molar-refractivity contribution in [2.75, 3.05) is 4.90 Å².